The quantitative estimate of drug-likeness (QED) is 0.784. The SMILES string of the molecule is CC(NCC(O)COCc1ccccc1)c1cccc(F)c1F. The van der Waals surface area contributed by atoms with E-state index >= 15 is 0 Å². The average Bonchev–Trinajstić information content (AvgIpc) is 2.56. The molecule has 3 nitrogen and oxygen atoms in total. The highest BCUT2D eigenvalue weighted by atomic mass is 19.2. The van der Waals surface area contributed by atoms with Crippen LogP contribution in [0.1, 0.15) is 24.1 Å². The summed E-state index contributed by atoms with van der Waals surface area (Å²) in [6.07, 6.45) is -0.724. The molecule has 0 saturated heterocycles. The summed E-state index contributed by atoms with van der Waals surface area (Å²) in [5.74, 6) is -1.73. The Morgan fingerprint density at radius 2 is 1.83 bits per heavy atom. The van der Waals surface area contributed by atoms with Crippen LogP contribution in [0.3, 0.4) is 0 Å². The number of benzene rings is 2. The second-order valence-corrected chi connectivity index (χ2v) is 5.43. The summed E-state index contributed by atoms with van der Waals surface area (Å²) >= 11 is 0. The van der Waals surface area contributed by atoms with E-state index in [1.165, 1.54) is 12.1 Å². The molecule has 124 valence electrons. The van der Waals surface area contributed by atoms with E-state index in [4.69, 9.17) is 4.74 Å². The monoisotopic (exact) mass is 321 g/mol. The molecule has 23 heavy (non-hydrogen) atoms. The number of ether oxygens (including phenoxy) is 1. The lowest BCUT2D eigenvalue weighted by Crippen LogP contribution is -2.32. The molecule has 0 aromatic heterocycles. The third-order valence-corrected chi connectivity index (χ3v) is 3.53. The van der Waals surface area contributed by atoms with Crippen molar-refractivity contribution in [3.8, 4) is 0 Å². The molecule has 2 atom stereocenters. The zero-order valence-corrected chi connectivity index (χ0v) is 13.0. The largest absolute Gasteiger partial charge is 0.389 e. The van der Waals surface area contributed by atoms with Crippen LogP contribution >= 0.6 is 0 Å². The predicted molar refractivity (Wildman–Crippen MR) is 84.9 cm³/mol. The van der Waals surface area contributed by atoms with E-state index in [0.29, 0.717) is 6.61 Å². The molecule has 5 heteroatoms. The Morgan fingerprint density at radius 1 is 1.09 bits per heavy atom. The number of aliphatic hydroxyl groups is 1. The molecule has 2 N–H and O–H groups in total. The number of hydrogen-bond acceptors (Lipinski definition) is 3. The van der Waals surface area contributed by atoms with Crippen LogP contribution in [0.4, 0.5) is 8.78 Å². The second kappa shape index (κ2) is 8.72. The fourth-order valence-corrected chi connectivity index (χ4v) is 2.22. The maximum absolute atomic E-state index is 13.7. The van der Waals surface area contributed by atoms with E-state index in [9.17, 15) is 13.9 Å². The van der Waals surface area contributed by atoms with Crippen molar-refractivity contribution in [2.45, 2.75) is 25.7 Å². The Kier molecular flexibility index (Phi) is 6.65. The van der Waals surface area contributed by atoms with Crippen LogP contribution in [0.2, 0.25) is 0 Å². The van der Waals surface area contributed by atoms with Crippen LogP contribution in [0.25, 0.3) is 0 Å². The Bertz CT molecular complexity index is 607. The molecular weight excluding hydrogens is 300 g/mol. The minimum atomic E-state index is -0.872. The number of rotatable bonds is 8. The van der Waals surface area contributed by atoms with E-state index in [-0.39, 0.29) is 18.7 Å². The molecule has 2 aromatic rings. The molecule has 0 aliphatic carbocycles. The third-order valence-electron chi connectivity index (χ3n) is 3.53. The van der Waals surface area contributed by atoms with Gasteiger partial charge in [0.1, 0.15) is 0 Å². The molecule has 0 spiro atoms. The Balaban J connectivity index is 1.73. The van der Waals surface area contributed by atoms with Gasteiger partial charge in [-0.1, -0.05) is 42.5 Å². The Labute approximate surface area is 134 Å². The first-order valence-corrected chi connectivity index (χ1v) is 7.55. The van der Waals surface area contributed by atoms with Gasteiger partial charge in [-0.2, -0.15) is 0 Å². The van der Waals surface area contributed by atoms with Crippen LogP contribution in [-0.2, 0) is 11.3 Å². The number of aliphatic hydroxyl groups excluding tert-OH is 1. The van der Waals surface area contributed by atoms with Crippen LogP contribution in [0, 0.1) is 11.6 Å². The van der Waals surface area contributed by atoms with Crippen LogP contribution < -0.4 is 5.32 Å². The van der Waals surface area contributed by atoms with Crippen LogP contribution in [0.5, 0.6) is 0 Å². The number of halogens is 2. The molecule has 0 radical (unpaired) electrons. The molecule has 0 fully saturated rings. The standard InChI is InChI=1S/C18H21F2NO2/c1-13(16-8-5-9-17(19)18(16)20)21-10-15(22)12-23-11-14-6-3-2-4-7-14/h2-9,13,15,21-22H,10-12H2,1H3. The molecule has 2 aromatic carbocycles. The van der Waals surface area contributed by atoms with Gasteiger partial charge in [0.2, 0.25) is 0 Å². The first-order chi connectivity index (χ1) is 11.1. The minimum absolute atomic E-state index is 0.167. The molecule has 2 unspecified atom stereocenters. The van der Waals surface area contributed by atoms with E-state index in [1.54, 1.807) is 6.92 Å². The lowest BCUT2D eigenvalue weighted by molar-refractivity contribution is 0.0278. The molecule has 0 amide bonds. The summed E-state index contributed by atoms with van der Waals surface area (Å²) in [5.41, 5.74) is 1.27. The van der Waals surface area contributed by atoms with Crippen molar-refractivity contribution < 1.29 is 18.6 Å². The van der Waals surface area contributed by atoms with Gasteiger partial charge in [-0.3, -0.25) is 0 Å². The van der Waals surface area contributed by atoms with Crippen molar-refractivity contribution >= 4 is 0 Å². The predicted octanol–water partition coefficient (Wildman–Crippen LogP) is 3.19. The van der Waals surface area contributed by atoms with Gasteiger partial charge in [0.25, 0.3) is 0 Å². The number of hydrogen-bond donors (Lipinski definition) is 2. The van der Waals surface area contributed by atoms with E-state index in [2.05, 4.69) is 5.32 Å². The van der Waals surface area contributed by atoms with Gasteiger partial charge in [-0.25, -0.2) is 8.78 Å². The minimum Gasteiger partial charge on any atom is -0.389 e. The van der Waals surface area contributed by atoms with Gasteiger partial charge in [-0.15, -0.1) is 0 Å². The first kappa shape index (κ1) is 17.5. The highest BCUT2D eigenvalue weighted by Gasteiger charge is 2.15. The molecule has 0 aliphatic heterocycles. The maximum Gasteiger partial charge on any atom is 0.163 e. The zero-order chi connectivity index (χ0) is 16.7. The maximum atomic E-state index is 13.7. The summed E-state index contributed by atoms with van der Waals surface area (Å²) < 4.78 is 32.3. The third kappa shape index (κ3) is 5.39. The summed E-state index contributed by atoms with van der Waals surface area (Å²) in [4.78, 5) is 0. The van der Waals surface area contributed by atoms with Crippen molar-refractivity contribution in [1.82, 2.24) is 5.32 Å². The van der Waals surface area contributed by atoms with Crippen molar-refractivity contribution in [2.75, 3.05) is 13.2 Å². The van der Waals surface area contributed by atoms with Crippen molar-refractivity contribution in [3.63, 3.8) is 0 Å². The number of nitrogens with one attached hydrogen (secondary N) is 1. The molecule has 0 heterocycles. The topological polar surface area (TPSA) is 41.5 Å². The van der Waals surface area contributed by atoms with Gasteiger partial charge in [0.05, 0.1) is 19.3 Å². The van der Waals surface area contributed by atoms with E-state index < -0.39 is 23.8 Å². The molecule has 2 rings (SSSR count). The molecule has 0 bridgehead atoms. The second-order valence-electron chi connectivity index (χ2n) is 5.43. The molecule has 0 saturated carbocycles. The average molecular weight is 321 g/mol. The lowest BCUT2D eigenvalue weighted by atomic mass is 10.1. The van der Waals surface area contributed by atoms with Gasteiger partial charge in [0, 0.05) is 18.2 Å². The van der Waals surface area contributed by atoms with Gasteiger partial charge in [-0.05, 0) is 18.6 Å². The smallest absolute Gasteiger partial charge is 0.163 e. The normalized spacial score (nSPS) is 13.7. The Morgan fingerprint density at radius 3 is 2.57 bits per heavy atom. The van der Waals surface area contributed by atoms with Crippen molar-refractivity contribution in [1.29, 1.82) is 0 Å². The zero-order valence-electron chi connectivity index (χ0n) is 13.0. The first-order valence-electron chi connectivity index (χ1n) is 7.55. The summed E-state index contributed by atoms with van der Waals surface area (Å²) in [6.45, 7) is 2.54. The van der Waals surface area contributed by atoms with Crippen molar-refractivity contribution in [3.05, 3.63) is 71.3 Å². The van der Waals surface area contributed by atoms with Gasteiger partial charge in [0.15, 0.2) is 11.6 Å². The highest BCUT2D eigenvalue weighted by Crippen LogP contribution is 2.18. The Hall–Kier alpha value is -1.82. The summed E-state index contributed by atoms with van der Waals surface area (Å²) in [7, 11) is 0. The fraction of sp³-hybridized carbons (Fsp3) is 0.333. The van der Waals surface area contributed by atoms with E-state index in [0.717, 1.165) is 11.6 Å². The van der Waals surface area contributed by atoms with Crippen molar-refractivity contribution in [2.24, 2.45) is 0 Å². The van der Waals surface area contributed by atoms with Gasteiger partial charge < -0.3 is 15.2 Å². The fourth-order valence-electron chi connectivity index (χ4n) is 2.22. The van der Waals surface area contributed by atoms with Crippen LogP contribution in [-0.4, -0.2) is 24.4 Å². The van der Waals surface area contributed by atoms with E-state index in [1.807, 2.05) is 30.3 Å². The lowest BCUT2D eigenvalue weighted by Gasteiger charge is -2.18. The van der Waals surface area contributed by atoms with Gasteiger partial charge >= 0.3 is 0 Å². The molecule has 0 aliphatic rings. The summed E-state index contributed by atoms with van der Waals surface area (Å²) in [6, 6.07) is 13.3. The molecular formula is C18H21F2NO2. The highest BCUT2D eigenvalue weighted by molar-refractivity contribution is 5.22. The summed E-state index contributed by atoms with van der Waals surface area (Å²) in [5, 5.41) is 12.9. The van der Waals surface area contributed by atoms with Crippen LogP contribution in [0.15, 0.2) is 48.5 Å².